The Morgan fingerprint density at radius 1 is 0.493 bits per heavy atom. The average Bonchev–Trinajstić information content (AvgIpc) is 1.56. The molecule has 0 aliphatic carbocycles. The number of aliphatic hydroxyl groups excluding tert-OH is 1. The fourth-order valence-electron chi connectivity index (χ4n) is 15.4. The molecule has 0 bridgehead atoms. The van der Waals surface area contributed by atoms with Crippen LogP contribution in [0.1, 0.15) is 187 Å². The highest BCUT2D eigenvalue weighted by molar-refractivity contribution is 6.01. The minimum absolute atomic E-state index is 0.00176. The Labute approximate surface area is 802 Å². The van der Waals surface area contributed by atoms with Crippen LogP contribution >= 0.6 is 0 Å². The van der Waals surface area contributed by atoms with E-state index in [1.54, 1.807) is 53.7 Å². The number of benzene rings is 3. The van der Waals surface area contributed by atoms with E-state index in [0.717, 1.165) is 0 Å². The summed E-state index contributed by atoms with van der Waals surface area (Å²) < 4.78 is 0. The Hall–Kier alpha value is -13.7. The third-order valence-corrected chi connectivity index (χ3v) is 23.6. The zero-order valence-electron chi connectivity index (χ0n) is 79.6. The topological polar surface area (TPSA) is 789 Å². The molecule has 16 amide bonds. The number of guanidine groups is 3. The summed E-state index contributed by atoms with van der Waals surface area (Å²) in [6.07, 6.45) is -1.27. The summed E-state index contributed by atoms with van der Waals surface area (Å²) in [6.45, 7) is 11.0. The molecule has 0 unspecified atom stereocenters. The third-order valence-electron chi connectivity index (χ3n) is 23.6. The van der Waals surface area contributed by atoms with Crippen molar-refractivity contribution >= 4 is 112 Å². The molecule has 0 radical (unpaired) electrons. The highest BCUT2D eigenvalue weighted by Gasteiger charge is 2.43. The molecule has 0 spiro atoms. The number of rotatable bonds is 51. The number of hydrogen-bond acceptors (Lipinski definition) is 25. The number of aliphatic hydroxyl groups is 1. The molecule has 2 heterocycles. The van der Waals surface area contributed by atoms with Crippen LogP contribution in [0.5, 0.6) is 17.2 Å². The van der Waals surface area contributed by atoms with Crippen molar-refractivity contribution in [2.45, 2.75) is 280 Å². The molecule has 2 saturated heterocycles. The van der Waals surface area contributed by atoms with E-state index in [2.05, 4.69) is 90.4 Å². The fraction of sp³-hybridized carbons (Fsp3) is 0.593. The van der Waals surface area contributed by atoms with Crippen molar-refractivity contribution in [2.75, 3.05) is 45.8 Å². The van der Waals surface area contributed by atoms with Crippen LogP contribution in [0, 0.1) is 34.0 Å². The van der Waals surface area contributed by atoms with Gasteiger partial charge in [-0.1, -0.05) is 90.8 Å². The molecule has 47 heteroatoms. The first-order chi connectivity index (χ1) is 65.4. The molecule has 36 N–H and O–H groups in total. The van der Waals surface area contributed by atoms with Gasteiger partial charge in [-0.05, 0) is 193 Å². The van der Waals surface area contributed by atoms with E-state index in [0.29, 0.717) is 29.5 Å². The minimum atomic E-state index is -1.85. The van der Waals surface area contributed by atoms with Crippen molar-refractivity contribution < 1.29 is 97.1 Å². The van der Waals surface area contributed by atoms with Gasteiger partial charge in [-0.2, -0.15) is 0 Å². The van der Waals surface area contributed by atoms with Crippen LogP contribution < -0.4 is 125 Å². The standard InChI is InChI=1S/C91H145N27O20/c1-8-50(5)72-85(135)110-62(19-11-13-39-101-70(123)37-36-64(81(131)114-68(83(133)115-72)47-55-28-34-58(122)35-29-55)108-78(128)61(20-14-40-102-89(95)96)106-71(124)48-105-77(127)60(18-10-12-38-92)107-76(126)59(93)45-53-24-30-56(120)31-25-53)80(130)113-67(44-49(3)4)82(132)116-73(51(6)9-2)86(136)117-74(52(7)119)87(137)111-65(22-16-42-104-91(99)100)88(138)118-43-17-23-69(118)84(134)109-63(21-15-41-103-90(97)98)79(129)112-66(75(94)125)46-54-26-32-57(121)33-27-54/h24-35,49-52,59-69,72-74,119-122H,8-23,36-48,92-93H2,1-7H3,(H2,94,125)(H,101,123)(H,105,127)(H,106,124)(H,107,126)(H,108,128)(H,109,134)(H,110,135)(H,111,137)(H,112,129)(H,113,130)(H,114,131)(H,115,133)(H,116,132)(H,117,136)(H4,95,96,102)(H4,97,98,103)(H4,99,100,104)/t50-,51-,52+,59-,60-,61-,62-,63-,64-,65-,66-,67-,68-,69-,72-,73-,74-/m0/s1. The van der Waals surface area contributed by atoms with E-state index < -0.39 is 228 Å². The smallest absolute Gasteiger partial charge is 0.245 e. The average molecular weight is 1940 g/mol. The Balaban J connectivity index is 1.39. The Kier molecular flexibility index (Phi) is 49.3. The van der Waals surface area contributed by atoms with Gasteiger partial charge < -0.3 is 150 Å². The highest BCUT2D eigenvalue weighted by Crippen LogP contribution is 2.24. The molecular weight excluding hydrogens is 1790 g/mol. The van der Waals surface area contributed by atoms with Gasteiger partial charge in [0, 0.05) is 52.0 Å². The molecule has 2 aliphatic heterocycles. The van der Waals surface area contributed by atoms with E-state index in [1.165, 1.54) is 72.5 Å². The van der Waals surface area contributed by atoms with E-state index in [9.17, 15) is 82.8 Å². The second kappa shape index (κ2) is 59.3. The maximum Gasteiger partial charge on any atom is 0.245 e. The third kappa shape index (κ3) is 40.7. The predicted molar refractivity (Wildman–Crippen MR) is 510 cm³/mol. The molecule has 3 aromatic carbocycles. The highest BCUT2D eigenvalue weighted by atomic mass is 16.3. The number of phenols is 3. The first-order valence-corrected chi connectivity index (χ1v) is 46.9. The van der Waals surface area contributed by atoms with Gasteiger partial charge in [0.15, 0.2) is 17.9 Å². The lowest BCUT2D eigenvalue weighted by atomic mass is 9.95. The van der Waals surface area contributed by atoms with Gasteiger partial charge in [-0.15, -0.1) is 0 Å². The summed E-state index contributed by atoms with van der Waals surface area (Å²) in [5.74, 6) is -17.2. The van der Waals surface area contributed by atoms with Crippen LogP contribution in [-0.2, 0) is 96.0 Å². The summed E-state index contributed by atoms with van der Waals surface area (Å²) in [5, 5.41) is 109. The second-order valence-corrected chi connectivity index (χ2v) is 35.4. The van der Waals surface area contributed by atoms with Crippen molar-refractivity contribution in [1.29, 1.82) is 16.2 Å². The summed E-state index contributed by atoms with van der Waals surface area (Å²) in [4.78, 5) is 232. The fourth-order valence-corrected chi connectivity index (χ4v) is 15.4. The quantitative estimate of drug-likeness (QED) is 0.0143. The van der Waals surface area contributed by atoms with Crippen LogP contribution in [0.3, 0.4) is 0 Å². The summed E-state index contributed by atoms with van der Waals surface area (Å²) in [7, 11) is 0. The van der Waals surface area contributed by atoms with Crippen LogP contribution in [0.4, 0.5) is 0 Å². The second-order valence-electron chi connectivity index (χ2n) is 35.4. The maximum atomic E-state index is 15.1. The summed E-state index contributed by atoms with van der Waals surface area (Å²) in [5.41, 5.74) is 35.8. The van der Waals surface area contributed by atoms with E-state index >= 15 is 14.4 Å². The summed E-state index contributed by atoms with van der Waals surface area (Å²) >= 11 is 0. The SMILES string of the molecule is CC[C@H](C)[C@@H]1NC(=O)[C@H](Cc2ccc(O)cc2)NC(=O)[C@@H](NC(=O)[C@H](CCCNC(=N)N)NC(=O)CNC(=O)[C@H](CCCCN)NC(=O)[C@@H](N)Cc2ccc(O)cc2)CCC(=O)NCCCC[C@@H](C(=O)N[C@@H](CC(C)C)C(=O)N[C@H](C(=O)N[C@H](C(=O)N[C@@H](CCCNC(=N)N)C(=O)N2CCC[C@H]2C(=O)N[C@@H](CCCNC(=N)N)C(=O)N[C@@H](Cc2ccc(O)cc2)C(N)=O)[C@@H](C)O)[C@@H](C)CC)NC1=O. The zero-order chi connectivity index (χ0) is 102. The van der Waals surface area contributed by atoms with Crippen LogP contribution in [-0.4, -0.2) is 274 Å². The van der Waals surface area contributed by atoms with Crippen molar-refractivity contribution in [3.63, 3.8) is 0 Å². The number of phenolic OH excluding ortho intramolecular Hbond substituents is 3. The molecule has 0 saturated carbocycles. The monoisotopic (exact) mass is 1940 g/mol. The van der Waals surface area contributed by atoms with E-state index in [4.69, 9.17) is 50.6 Å². The van der Waals surface area contributed by atoms with E-state index in [1.807, 2.05) is 0 Å². The first kappa shape index (κ1) is 115. The van der Waals surface area contributed by atoms with Gasteiger partial charge in [0.05, 0.1) is 18.7 Å². The molecule has 5 rings (SSSR count). The molecule has 17 atom stereocenters. The normalized spacial score (nSPS) is 18.7. The molecular formula is C91H145N27O20. The number of unbranched alkanes of at least 4 members (excludes halogenated alkanes) is 1. The van der Waals surface area contributed by atoms with Crippen molar-refractivity contribution in [1.82, 2.24) is 95.3 Å². The molecule has 2 aliphatic rings. The van der Waals surface area contributed by atoms with E-state index in [-0.39, 0.29) is 184 Å². The number of nitrogens with one attached hydrogen (secondary N) is 20. The van der Waals surface area contributed by atoms with Gasteiger partial charge in [-0.25, -0.2) is 0 Å². The van der Waals surface area contributed by atoms with Crippen LogP contribution in [0.15, 0.2) is 72.8 Å². The van der Waals surface area contributed by atoms with Crippen molar-refractivity contribution in [3.05, 3.63) is 89.5 Å². The maximum absolute atomic E-state index is 15.1. The number of nitrogens with two attached hydrogens (primary N) is 6. The minimum Gasteiger partial charge on any atom is -0.508 e. The molecule has 138 heavy (non-hydrogen) atoms. The number of hydrogen-bond donors (Lipinski definition) is 30. The number of carbonyl (C=O) groups excluding carboxylic acids is 16. The van der Waals surface area contributed by atoms with Crippen molar-refractivity contribution in [2.24, 2.45) is 52.2 Å². The van der Waals surface area contributed by atoms with Crippen LogP contribution in [0.2, 0.25) is 0 Å². The van der Waals surface area contributed by atoms with Gasteiger partial charge >= 0.3 is 0 Å². The summed E-state index contributed by atoms with van der Waals surface area (Å²) in [6, 6.07) is -2.81. The lowest BCUT2D eigenvalue weighted by Crippen LogP contribution is -2.63. The number of carbonyl (C=O) groups is 16. The Morgan fingerprint density at radius 3 is 1.54 bits per heavy atom. The van der Waals surface area contributed by atoms with Gasteiger partial charge in [0.25, 0.3) is 0 Å². The zero-order valence-corrected chi connectivity index (χ0v) is 79.6. The van der Waals surface area contributed by atoms with Gasteiger partial charge in [-0.3, -0.25) is 92.9 Å². The number of nitrogens with zero attached hydrogens (tertiary/aromatic N) is 1. The lowest BCUT2D eigenvalue weighted by molar-refractivity contribution is -0.143. The molecule has 3 aromatic rings. The molecule has 2 fully saturated rings. The number of primary amides is 1. The number of amides is 16. The molecule has 47 nitrogen and oxygen atoms in total. The van der Waals surface area contributed by atoms with Crippen LogP contribution in [0.25, 0.3) is 0 Å². The first-order valence-electron chi connectivity index (χ1n) is 46.9. The Bertz CT molecular complexity index is 4590. The predicted octanol–water partition coefficient (Wildman–Crippen LogP) is -4.91. The lowest BCUT2D eigenvalue weighted by Gasteiger charge is -2.32. The number of aromatic hydroxyl groups is 3. The molecule has 764 valence electrons. The molecule has 0 aromatic heterocycles. The van der Waals surface area contributed by atoms with Gasteiger partial charge in [0.1, 0.15) is 95.8 Å². The van der Waals surface area contributed by atoms with Gasteiger partial charge in [0.2, 0.25) is 94.5 Å². The number of likely N-dealkylation sites (tertiary alicyclic amines) is 1. The Morgan fingerprint density at radius 2 is 1.00 bits per heavy atom. The largest absolute Gasteiger partial charge is 0.508 e. The van der Waals surface area contributed by atoms with Crippen molar-refractivity contribution in [3.8, 4) is 17.2 Å².